The van der Waals surface area contributed by atoms with Gasteiger partial charge in [0.1, 0.15) is 6.61 Å². The minimum absolute atomic E-state index is 0.0169. The number of sulfonamides is 1. The molecule has 0 unspecified atom stereocenters. The van der Waals surface area contributed by atoms with Crippen LogP contribution >= 0.6 is 0 Å². The monoisotopic (exact) mass is 737 g/mol. The standard InChI is InChI=1S/C42H51N5O5S/c1-29(2)22-34-28-52-38-24-37(39-30(3)10-8-11-31(39)4)43-41(44-38)45-53(49,50)36-15-9-14-33(23-36)40(48)47(34)35-25-42(26-35)16-18-46(19-17-42)20-21-51-27-32-12-6-5-7-13-32/h5-15,23-24,29,34-35H,16-22,25-28H2,1-4H3,(H,43,44,45)/t34-/m1/s1. The molecule has 2 fully saturated rings. The minimum Gasteiger partial charge on any atom is -0.475 e. The van der Waals surface area contributed by atoms with Crippen LogP contribution in [0, 0.1) is 25.2 Å². The largest absolute Gasteiger partial charge is 0.475 e. The summed E-state index contributed by atoms with van der Waals surface area (Å²) >= 11 is 0. The van der Waals surface area contributed by atoms with Crippen molar-refractivity contribution in [2.75, 3.05) is 37.6 Å². The Bertz CT molecular complexity index is 2000. The Morgan fingerprint density at radius 2 is 1.66 bits per heavy atom. The minimum atomic E-state index is -4.13. The number of aromatic nitrogens is 2. The van der Waals surface area contributed by atoms with Crippen molar-refractivity contribution in [3.05, 3.63) is 101 Å². The van der Waals surface area contributed by atoms with Gasteiger partial charge in [-0.3, -0.25) is 4.79 Å². The lowest BCUT2D eigenvalue weighted by molar-refractivity contribution is -0.0554. The zero-order chi connectivity index (χ0) is 37.2. The van der Waals surface area contributed by atoms with Gasteiger partial charge in [0.15, 0.2) is 0 Å². The molecule has 3 aliphatic rings. The summed E-state index contributed by atoms with van der Waals surface area (Å²) in [5, 5.41) is 0. The van der Waals surface area contributed by atoms with E-state index in [0.717, 1.165) is 68.4 Å². The third-order valence-electron chi connectivity index (χ3n) is 11.2. The van der Waals surface area contributed by atoms with E-state index in [1.165, 1.54) is 17.7 Å². The quantitative estimate of drug-likeness (QED) is 0.179. The molecule has 1 saturated carbocycles. The highest BCUT2D eigenvalue weighted by Gasteiger charge is 2.50. The summed E-state index contributed by atoms with van der Waals surface area (Å²) in [7, 11) is -4.13. The molecule has 1 aliphatic carbocycles. The molecule has 1 aromatic heterocycles. The highest BCUT2D eigenvalue weighted by atomic mass is 32.2. The number of nitrogens with one attached hydrogen (secondary N) is 1. The molecule has 4 aromatic rings. The first-order valence-electron chi connectivity index (χ1n) is 18.9. The highest BCUT2D eigenvalue weighted by molar-refractivity contribution is 7.92. The fourth-order valence-corrected chi connectivity index (χ4v) is 9.38. The topological polar surface area (TPSA) is 114 Å². The van der Waals surface area contributed by atoms with E-state index in [2.05, 4.69) is 45.6 Å². The Morgan fingerprint density at radius 1 is 0.943 bits per heavy atom. The number of fused-ring (bicyclic) bond motifs is 4. The second-order valence-corrected chi connectivity index (χ2v) is 17.2. The highest BCUT2D eigenvalue weighted by Crippen LogP contribution is 2.52. The summed E-state index contributed by atoms with van der Waals surface area (Å²) in [5.74, 6) is 0.295. The molecule has 2 aliphatic heterocycles. The van der Waals surface area contributed by atoms with Crippen LogP contribution in [-0.2, 0) is 21.4 Å². The van der Waals surface area contributed by atoms with E-state index >= 15 is 0 Å². The average molecular weight is 738 g/mol. The van der Waals surface area contributed by atoms with Crippen LogP contribution in [0.15, 0.2) is 83.8 Å². The third-order valence-corrected chi connectivity index (χ3v) is 12.5. The SMILES string of the molecule is Cc1cccc(C)c1-c1cc2nc(n1)NS(=O)(=O)c1cccc(c1)C(=O)N(C1CC3(CCN(CCOCc4ccccc4)CC3)C1)[C@H](CC(C)C)CO2. The van der Waals surface area contributed by atoms with Gasteiger partial charge >= 0.3 is 0 Å². The van der Waals surface area contributed by atoms with Crippen LogP contribution in [0.2, 0.25) is 0 Å². The van der Waals surface area contributed by atoms with Crippen molar-refractivity contribution in [2.24, 2.45) is 11.3 Å². The van der Waals surface area contributed by atoms with Crippen molar-refractivity contribution in [1.82, 2.24) is 19.8 Å². The van der Waals surface area contributed by atoms with E-state index < -0.39 is 10.0 Å². The second-order valence-electron chi connectivity index (χ2n) is 15.6. The smallest absolute Gasteiger partial charge is 0.264 e. The number of anilines is 1. The maximum Gasteiger partial charge on any atom is 0.264 e. The van der Waals surface area contributed by atoms with Crippen LogP contribution in [0.3, 0.4) is 0 Å². The van der Waals surface area contributed by atoms with Crippen molar-refractivity contribution < 1.29 is 22.7 Å². The molecule has 3 heterocycles. The Hall–Kier alpha value is -4.32. The number of carbonyl (C=O) groups excluding carboxylic acids is 1. The van der Waals surface area contributed by atoms with Gasteiger partial charge < -0.3 is 19.3 Å². The van der Waals surface area contributed by atoms with Crippen molar-refractivity contribution in [1.29, 1.82) is 0 Å². The molecule has 3 aromatic carbocycles. The van der Waals surface area contributed by atoms with Gasteiger partial charge in [-0.25, -0.2) is 18.1 Å². The van der Waals surface area contributed by atoms with Crippen molar-refractivity contribution in [3.63, 3.8) is 0 Å². The number of aryl methyl sites for hydroxylation is 2. The number of benzene rings is 3. The zero-order valence-corrected chi connectivity index (χ0v) is 32.1. The molecule has 53 heavy (non-hydrogen) atoms. The molecule has 280 valence electrons. The number of ether oxygens (including phenoxy) is 2. The fourth-order valence-electron chi connectivity index (χ4n) is 8.39. The van der Waals surface area contributed by atoms with E-state index in [1.54, 1.807) is 18.2 Å². The first-order chi connectivity index (χ1) is 25.5. The van der Waals surface area contributed by atoms with E-state index in [0.29, 0.717) is 24.5 Å². The van der Waals surface area contributed by atoms with Gasteiger partial charge in [-0.15, -0.1) is 0 Å². The maximum atomic E-state index is 14.6. The number of piperidine rings is 1. The third kappa shape index (κ3) is 8.42. The lowest BCUT2D eigenvalue weighted by Gasteiger charge is -2.56. The number of hydrogen-bond donors (Lipinski definition) is 1. The predicted molar refractivity (Wildman–Crippen MR) is 206 cm³/mol. The van der Waals surface area contributed by atoms with Crippen LogP contribution in [0.25, 0.3) is 11.3 Å². The number of carbonyl (C=O) groups is 1. The van der Waals surface area contributed by atoms with Crippen LogP contribution < -0.4 is 9.46 Å². The van der Waals surface area contributed by atoms with E-state index in [4.69, 9.17) is 9.47 Å². The number of likely N-dealkylation sites (tertiary alicyclic amines) is 1. The Kier molecular flexibility index (Phi) is 10.9. The molecular weight excluding hydrogens is 687 g/mol. The van der Waals surface area contributed by atoms with Gasteiger partial charge in [0.2, 0.25) is 11.8 Å². The summed E-state index contributed by atoms with van der Waals surface area (Å²) in [6.45, 7) is 12.8. The molecule has 1 saturated heterocycles. The Balaban J connectivity index is 1.12. The lowest BCUT2D eigenvalue weighted by atomic mass is 9.59. The van der Waals surface area contributed by atoms with Gasteiger partial charge in [0, 0.05) is 29.8 Å². The van der Waals surface area contributed by atoms with Crippen molar-refractivity contribution in [2.45, 2.75) is 83.4 Å². The molecule has 0 radical (unpaired) electrons. The molecule has 4 bridgehead atoms. The fraction of sp³-hybridized carbons (Fsp3) is 0.452. The van der Waals surface area contributed by atoms with Crippen LogP contribution in [0.4, 0.5) is 5.95 Å². The van der Waals surface area contributed by atoms with Gasteiger partial charge in [-0.2, -0.15) is 4.98 Å². The molecule has 10 nitrogen and oxygen atoms in total. The first-order valence-corrected chi connectivity index (χ1v) is 20.3. The maximum absolute atomic E-state index is 14.6. The summed E-state index contributed by atoms with van der Waals surface area (Å²) in [4.78, 5) is 28.3. The molecular formula is C42H51N5O5S. The van der Waals surface area contributed by atoms with Gasteiger partial charge in [0.25, 0.3) is 15.9 Å². The number of hydrogen-bond acceptors (Lipinski definition) is 8. The van der Waals surface area contributed by atoms with Gasteiger partial charge in [-0.05, 0) is 105 Å². The number of rotatable bonds is 9. The molecule has 1 N–H and O–H groups in total. The van der Waals surface area contributed by atoms with E-state index in [9.17, 15) is 13.2 Å². The molecule has 1 amide bonds. The number of nitrogens with zero attached hydrogens (tertiary/aromatic N) is 4. The van der Waals surface area contributed by atoms with Crippen molar-refractivity contribution >= 4 is 21.9 Å². The van der Waals surface area contributed by atoms with E-state index in [-0.39, 0.29) is 52.7 Å². The average Bonchev–Trinajstić information content (AvgIpc) is 3.12. The molecule has 1 spiro atoms. The summed E-state index contributed by atoms with van der Waals surface area (Å²) in [5.41, 5.74) is 5.19. The molecule has 7 rings (SSSR count). The van der Waals surface area contributed by atoms with Gasteiger partial charge in [-0.1, -0.05) is 68.4 Å². The zero-order valence-electron chi connectivity index (χ0n) is 31.3. The Morgan fingerprint density at radius 3 is 2.38 bits per heavy atom. The summed E-state index contributed by atoms with van der Waals surface area (Å²) in [6.07, 6.45) is 4.72. The van der Waals surface area contributed by atoms with E-state index in [1.807, 2.05) is 55.1 Å². The van der Waals surface area contributed by atoms with Crippen LogP contribution in [0.1, 0.15) is 73.0 Å². The number of amides is 1. The predicted octanol–water partition coefficient (Wildman–Crippen LogP) is 7.27. The first kappa shape index (κ1) is 37.0. The summed E-state index contributed by atoms with van der Waals surface area (Å²) in [6, 6.07) is 24.1. The molecule has 11 heteroatoms. The Labute approximate surface area is 314 Å². The van der Waals surface area contributed by atoms with Crippen LogP contribution in [0.5, 0.6) is 5.88 Å². The second kappa shape index (κ2) is 15.6. The normalized spacial score (nSPS) is 20.1. The van der Waals surface area contributed by atoms with Crippen LogP contribution in [-0.4, -0.2) is 79.0 Å². The molecule has 1 atom stereocenters. The lowest BCUT2D eigenvalue weighted by Crippen LogP contribution is -2.60. The summed E-state index contributed by atoms with van der Waals surface area (Å²) < 4.78 is 42.5. The van der Waals surface area contributed by atoms with Crippen molar-refractivity contribution in [3.8, 4) is 17.1 Å². The van der Waals surface area contributed by atoms with Gasteiger partial charge in [0.05, 0.1) is 29.8 Å².